The lowest BCUT2D eigenvalue weighted by Gasteiger charge is -2.32. The molecule has 2 aromatic rings. The van der Waals surface area contributed by atoms with Crippen molar-refractivity contribution in [3.63, 3.8) is 0 Å². The lowest BCUT2D eigenvalue weighted by Crippen LogP contribution is -2.32. The van der Waals surface area contributed by atoms with Crippen molar-refractivity contribution >= 4 is 23.2 Å². The minimum Gasteiger partial charge on any atom is -0.507 e. The summed E-state index contributed by atoms with van der Waals surface area (Å²) in [5.74, 6) is 0.575. The summed E-state index contributed by atoms with van der Waals surface area (Å²) in [5.41, 5.74) is 4.00. The predicted molar refractivity (Wildman–Crippen MR) is 88.7 cm³/mol. The number of aryl methyl sites for hydroxylation is 1. The van der Waals surface area contributed by atoms with E-state index in [9.17, 15) is 9.90 Å². The van der Waals surface area contributed by atoms with Gasteiger partial charge in [0, 0.05) is 27.9 Å². The number of phenolic OH excluding ortho intramolecular Hbond substituents is 1. The summed E-state index contributed by atoms with van der Waals surface area (Å²) in [4.78, 5) is 14.8. The molecule has 2 aliphatic rings. The number of nitrogens with zero attached hydrogens (tertiary/aromatic N) is 1. The summed E-state index contributed by atoms with van der Waals surface area (Å²) in [6, 6.07) is 7.07. The molecule has 1 atom stereocenters. The summed E-state index contributed by atoms with van der Waals surface area (Å²) in [6.07, 6.45) is 1.60. The number of aromatic hydroxyl groups is 1. The highest BCUT2D eigenvalue weighted by Gasteiger charge is 2.44. The molecule has 23 heavy (non-hydrogen) atoms. The zero-order chi connectivity index (χ0) is 16.3. The van der Waals surface area contributed by atoms with Crippen LogP contribution in [-0.2, 0) is 6.42 Å². The van der Waals surface area contributed by atoms with Crippen molar-refractivity contribution in [2.75, 3.05) is 12.0 Å². The molecule has 1 amide bonds. The third kappa shape index (κ3) is 1.88. The van der Waals surface area contributed by atoms with Crippen LogP contribution in [0.2, 0.25) is 5.02 Å². The Balaban J connectivity index is 1.94. The van der Waals surface area contributed by atoms with Crippen LogP contribution >= 0.6 is 11.6 Å². The Bertz CT molecular complexity index is 847. The van der Waals surface area contributed by atoms with Crippen LogP contribution in [-0.4, -0.2) is 18.1 Å². The van der Waals surface area contributed by atoms with Gasteiger partial charge in [-0.05, 0) is 43.5 Å². The van der Waals surface area contributed by atoms with Gasteiger partial charge < -0.3 is 14.7 Å². The average Bonchev–Trinajstić information content (AvgIpc) is 2.84. The van der Waals surface area contributed by atoms with E-state index in [1.54, 1.807) is 17.0 Å². The fourth-order valence-electron chi connectivity index (χ4n) is 3.81. The highest BCUT2D eigenvalue weighted by molar-refractivity contribution is 6.30. The third-order valence-electron chi connectivity index (χ3n) is 4.84. The van der Waals surface area contributed by atoms with E-state index in [0.717, 1.165) is 29.7 Å². The van der Waals surface area contributed by atoms with Crippen molar-refractivity contribution in [3.05, 3.63) is 51.5 Å². The number of amides is 1. The molecule has 5 heteroatoms. The molecule has 0 radical (unpaired) electrons. The van der Waals surface area contributed by atoms with Crippen LogP contribution in [0, 0.1) is 6.92 Å². The monoisotopic (exact) mass is 329 g/mol. The van der Waals surface area contributed by atoms with Gasteiger partial charge in [-0.3, -0.25) is 4.79 Å². The van der Waals surface area contributed by atoms with E-state index in [1.165, 1.54) is 7.11 Å². The number of anilines is 1. The van der Waals surface area contributed by atoms with E-state index < -0.39 is 0 Å². The molecule has 0 saturated carbocycles. The van der Waals surface area contributed by atoms with Crippen LogP contribution in [0.1, 0.15) is 39.5 Å². The molecule has 1 N–H and O–H groups in total. The maximum Gasteiger partial charge on any atom is 0.259 e. The van der Waals surface area contributed by atoms with Crippen LogP contribution in [0.25, 0.3) is 0 Å². The van der Waals surface area contributed by atoms with Crippen LogP contribution in [0.3, 0.4) is 0 Å². The molecule has 0 spiro atoms. The Hall–Kier alpha value is -2.20. The van der Waals surface area contributed by atoms with E-state index in [-0.39, 0.29) is 17.7 Å². The second kappa shape index (κ2) is 4.90. The number of carbonyl (C=O) groups excluding carboxylic acids is 1. The molecule has 0 bridgehead atoms. The highest BCUT2D eigenvalue weighted by Crippen LogP contribution is 2.50. The molecule has 118 valence electrons. The maximum atomic E-state index is 13.0. The summed E-state index contributed by atoms with van der Waals surface area (Å²) < 4.78 is 5.29. The number of benzene rings is 2. The molecule has 0 unspecified atom stereocenters. The number of hydrogen-bond donors (Lipinski definition) is 1. The van der Waals surface area contributed by atoms with Gasteiger partial charge in [-0.15, -0.1) is 0 Å². The first-order valence-electron chi connectivity index (χ1n) is 7.55. The number of halogens is 1. The largest absolute Gasteiger partial charge is 0.507 e. The summed E-state index contributed by atoms with van der Waals surface area (Å²) >= 11 is 6.08. The predicted octanol–water partition coefficient (Wildman–Crippen LogP) is 4.01. The van der Waals surface area contributed by atoms with Gasteiger partial charge in [0.25, 0.3) is 5.91 Å². The normalized spacial score (nSPS) is 18.5. The number of hydrogen-bond acceptors (Lipinski definition) is 3. The fourth-order valence-corrected chi connectivity index (χ4v) is 4.01. The molecule has 4 rings (SSSR count). The summed E-state index contributed by atoms with van der Waals surface area (Å²) in [6.45, 7) is 1.86. The number of methoxy groups -OCH3 is 1. The Morgan fingerprint density at radius 2 is 2.13 bits per heavy atom. The second-order valence-electron chi connectivity index (χ2n) is 6.01. The second-order valence-corrected chi connectivity index (χ2v) is 6.45. The zero-order valence-electron chi connectivity index (χ0n) is 12.9. The van der Waals surface area contributed by atoms with E-state index in [1.807, 2.05) is 19.1 Å². The molecule has 0 saturated heterocycles. The Morgan fingerprint density at radius 1 is 1.35 bits per heavy atom. The van der Waals surface area contributed by atoms with E-state index in [4.69, 9.17) is 16.3 Å². The van der Waals surface area contributed by atoms with Crippen LogP contribution in [0.15, 0.2) is 24.3 Å². The van der Waals surface area contributed by atoms with Crippen LogP contribution in [0.5, 0.6) is 11.5 Å². The Kier molecular flexibility index (Phi) is 3.07. The average molecular weight is 330 g/mol. The number of fused-ring (bicyclic) bond motifs is 5. The number of ether oxygens (including phenoxy) is 1. The molecular formula is C18H16ClNO3. The van der Waals surface area contributed by atoms with Gasteiger partial charge in [-0.2, -0.15) is 0 Å². The Morgan fingerprint density at radius 3 is 2.87 bits per heavy atom. The van der Waals surface area contributed by atoms with Crippen molar-refractivity contribution in [1.82, 2.24) is 0 Å². The molecule has 4 nitrogen and oxygen atoms in total. The van der Waals surface area contributed by atoms with Gasteiger partial charge in [-0.25, -0.2) is 0 Å². The number of phenols is 1. The van der Waals surface area contributed by atoms with E-state index in [0.29, 0.717) is 21.9 Å². The number of carbonyl (C=O) groups is 1. The zero-order valence-corrected chi connectivity index (χ0v) is 13.6. The molecule has 0 aromatic heterocycles. The van der Waals surface area contributed by atoms with Crippen LogP contribution in [0.4, 0.5) is 5.69 Å². The van der Waals surface area contributed by atoms with Gasteiger partial charge >= 0.3 is 0 Å². The van der Waals surface area contributed by atoms with Crippen molar-refractivity contribution in [2.45, 2.75) is 25.8 Å². The summed E-state index contributed by atoms with van der Waals surface area (Å²) in [5, 5.41) is 11.1. The smallest absolute Gasteiger partial charge is 0.259 e. The van der Waals surface area contributed by atoms with Gasteiger partial charge in [0.05, 0.1) is 18.7 Å². The van der Waals surface area contributed by atoms with Crippen LogP contribution < -0.4 is 9.64 Å². The standard InChI is InChI=1S/C18H16ClNO3/c1-9-15(23-2)8-14(21)17-13-5-3-10-7-11(19)4-6-12(10)20(13)18(22)16(9)17/h4,6-8,13,21H,3,5H2,1-2H3/t13-/m1/s1. The molecule has 0 fully saturated rings. The highest BCUT2D eigenvalue weighted by atomic mass is 35.5. The van der Waals surface area contributed by atoms with Gasteiger partial charge in [0.1, 0.15) is 11.5 Å². The minimum absolute atomic E-state index is 0.0834. The van der Waals surface area contributed by atoms with Crippen molar-refractivity contribution in [1.29, 1.82) is 0 Å². The lowest BCUT2D eigenvalue weighted by atomic mass is 9.92. The summed E-state index contributed by atoms with van der Waals surface area (Å²) in [7, 11) is 1.54. The van der Waals surface area contributed by atoms with Crippen molar-refractivity contribution in [2.24, 2.45) is 0 Å². The first-order chi connectivity index (χ1) is 11.0. The molecular weight excluding hydrogens is 314 g/mol. The number of rotatable bonds is 1. The van der Waals surface area contributed by atoms with Crippen molar-refractivity contribution < 1.29 is 14.6 Å². The SMILES string of the molecule is COc1cc(O)c2c(c1C)C(=O)N1c3ccc(Cl)cc3CC[C@H]21. The first kappa shape index (κ1) is 14.4. The molecule has 2 aliphatic heterocycles. The van der Waals surface area contributed by atoms with E-state index in [2.05, 4.69) is 0 Å². The maximum absolute atomic E-state index is 13.0. The third-order valence-corrected chi connectivity index (χ3v) is 5.08. The molecule has 2 heterocycles. The topological polar surface area (TPSA) is 49.8 Å². The molecule has 2 aromatic carbocycles. The van der Waals surface area contributed by atoms with Crippen molar-refractivity contribution in [3.8, 4) is 11.5 Å². The first-order valence-corrected chi connectivity index (χ1v) is 7.93. The van der Waals surface area contributed by atoms with Gasteiger partial charge in [0.2, 0.25) is 0 Å². The minimum atomic E-state index is -0.129. The molecule has 0 aliphatic carbocycles. The van der Waals surface area contributed by atoms with Gasteiger partial charge in [-0.1, -0.05) is 11.6 Å². The Labute approximate surface area is 139 Å². The quantitative estimate of drug-likeness (QED) is 0.860. The van der Waals surface area contributed by atoms with E-state index >= 15 is 0 Å². The fraction of sp³-hybridized carbons (Fsp3) is 0.278. The lowest BCUT2D eigenvalue weighted by molar-refractivity contribution is 0.0988. The van der Waals surface area contributed by atoms with Gasteiger partial charge in [0.15, 0.2) is 0 Å².